The predicted octanol–water partition coefficient (Wildman–Crippen LogP) is 2.41. The van der Waals surface area contributed by atoms with Gasteiger partial charge in [-0.05, 0) is 37.1 Å². The summed E-state index contributed by atoms with van der Waals surface area (Å²) >= 11 is 0. The van der Waals surface area contributed by atoms with Gasteiger partial charge in [0.1, 0.15) is 11.6 Å². The van der Waals surface area contributed by atoms with Crippen LogP contribution in [0.4, 0.5) is 10.2 Å². The summed E-state index contributed by atoms with van der Waals surface area (Å²) < 4.78 is 18.8. The number of morpholine rings is 1. The average molecular weight is 382 g/mol. The van der Waals surface area contributed by atoms with E-state index in [1.165, 1.54) is 12.1 Å². The van der Waals surface area contributed by atoms with Crippen LogP contribution in [0.5, 0.6) is 0 Å². The van der Waals surface area contributed by atoms with Gasteiger partial charge in [-0.25, -0.2) is 14.4 Å². The first-order valence-electron chi connectivity index (χ1n) is 9.96. The molecule has 0 spiro atoms. The van der Waals surface area contributed by atoms with E-state index in [4.69, 9.17) is 14.7 Å². The summed E-state index contributed by atoms with van der Waals surface area (Å²) in [5, 5.41) is 0. The molecule has 0 radical (unpaired) electrons. The number of carbonyl (C=O) groups excluding carboxylic acids is 1. The molecule has 146 valence electrons. The molecule has 1 saturated heterocycles. The second-order valence-electron chi connectivity index (χ2n) is 7.69. The summed E-state index contributed by atoms with van der Waals surface area (Å²) in [7, 11) is 0. The standard InChI is InChI=1S/C21H23FN4O2/c22-16-5-3-14(4-6-16)19-23-18-7-8-26(21(27)15-1-2-15)13-17(18)20(24-19)25-9-11-28-12-10-25/h3-6,15H,1-2,7-13H2. The van der Waals surface area contributed by atoms with Crippen molar-refractivity contribution in [3.8, 4) is 11.4 Å². The number of fused-ring (bicyclic) bond motifs is 1. The number of benzene rings is 1. The second-order valence-corrected chi connectivity index (χ2v) is 7.69. The van der Waals surface area contributed by atoms with E-state index in [2.05, 4.69) is 4.90 Å². The van der Waals surface area contributed by atoms with Crippen molar-refractivity contribution < 1.29 is 13.9 Å². The van der Waals surface area contributed by atoms with Crippen LogP contribution in [0.1, 0.15) is 24.1 Å². The molecule has 1 aliphatic carbocycles. The zero-order valence-electron chi connectivity index (χ0n) is 15.7. The van der Waals surface area contributed by atoms with Crippen LogP contribution in [-0.4, -0.2) is 53.6 Å². The lowest BCUT2D eigenvalue weighted by Gasteiger charge is -2.34. The first-order chi connectivity index (χ1) is 13.7. The van der Waals surface area contributed by atoms with E-state index in [1.807, 2.05) is 4.90 Å². The zero-order valence-corrected chi connectivity index (χ0v) is 15.7. The lowest BCUT2D eigenvalue weighted by molar-refractivity contribution is -0.133. The lowest BCUT2D eigenvalue weighted by atomic mass is 10.0. The molecule has 1 saturated carbocycles. The molecule has 28 heavy (non-hydrogen) atoms. The van der Waals surface area contributed by atoms with Gasteiger partial charge in [0.25, 0.3) is 0 Å². The van der Waals surface area contributed by atoms with E-state index in [0.717, 1.165) is 55.0 Å². The van der Waals surface area contributed by atoms with Crippen LogP contribution < -0.4 is 4.90 Å². The van der Waals surface area contributed by atoms with E-state index in [9.17, 15) is 9.18 Å². The summed E-state index contributed by atoms with van der Waals surface area (Å²) in [6.45, 7) is 4.13. The molecule has 2 aliphatic heterocycles. The predicted molar refractivity (Wildman–Crippen MR) is 102 cm³/mol. The third-order valence-corrected chi connectivity index (χ3v) is 5.69. The Kier molecular flexibility index (Phi) is 4.47. The van der Waals surface area contributed by atoms with Crippen LogP contribution in [0.3, 0.4) is 0 Å². The van der Waals surface area contributed by atoms with Crippen LogP contribution in [0.2, 0.25) is 0 Å². The summed E-state index contributed by atoms with van der Waals surface area (Å²) in [5.74, 6) is 1.71. The molecular weight excluding hydrogens is 359 g/mol. The lowest BCUT2D eigenvalue weighted by Crippen LogP contribution is -2.41. The summed E-state index contributed by atoms with van der Waals surface area (Å²) in [5.41, 5.74) is 2.85. The van der Waals surface area contributed by atoms with Gasteiger partial charge in [-0.3, -0.25) is 4.79 Å². The topological polar surface area (TPSA) is 58.6 Å². The summed E-state index contributed by atoms with van der Waals surface area (Å²) in [6, 6.07) is 6.29. The normalized spacial score (nSPS) is 19.5. The number of aromatic nitrogens is 2. The van der Waals surface area contributed by atoms with Crippen molar-refractivity contribution in [2.45, 2.75) is 25.8 Å². The third-order valence-electron chi connectivity index (χ3n) is 5.69. The molecule has 7 heteroatoms. The van der Waals surface area contributed by atoms with Crippen LogP contribution >= 0.6 is 0 Å². The number of halogens is 1. The van der Waals surface area contributed by atoms with Crippen molar-refractivity contribution in [2.75, 3.05) is 37.7 Å². The first kappa shape index (κ1) is 17.6. The molecule has 0 bridgehead atoms. The highest BCUT2D eigenvalue weighted by Gasteiger charge is 2.36. The number of nitrogens with zero attached hydrogens (tertiary/aromatic N) is 4. The van der Waals surface area contributed by atoms with Crippen molar-refractivity contribution in [3.05, 3.63) is 41.3 Å². The molecule has 3 aliphatic rings. The van der Waals surface area contributed by atoms with E-state index in [1.54, 1.807) is 12.1 Å². The maximum Gasteiger partial charge on any atom is 0.225 e. The van der Waals surface area contributed by atoms with E-state index in [-0.39, 0.29) is 17.6 Å². The Morgan fingerprint density at radius 2 is 1.82 bits per heavy atom. The summed E-state index contributed by atoms with van der Waals surface area (Å²) in [4.78, 5) is 26.4. The fraction of sp³-hybridized carbons (Fsp3) is 0.476. The van der Waals surface area contributed by atoms with Crippen molar-refractivity contribution >= 4 is 11.7 Å². The van der Waals surface area contributed by atoms with Crippen LogP contribution in [0.15, 0.2) is 24.3 Å². The smallest absolute Gasteiger partial charge is 0.225 e. The number of hydrogen-bond acceptors (Lipinski definition) is 5. The monoisotopic (exact) mass is 382 g/mol. The Bertz CT molecular complexity index is 892. The van der Waals surface area contributed by atoms with E-state index in [0.29, 0.717) is 32.1 Å². The van der Waals surface area contributed by atoms with Crippen molar-refractivity contribution in [3.63, 3.8) is 0 Å². The fourth-order valence-corrected chi connectivity index (χ4v) is 3.94. The maximum absolute atomic E-state index is 13.3. The number of rotatable bonds is 3. The molecule has 0 atom stereocenters. The Morgan fingerprint density at radius 3 is 2.54 bits per heavy atom. The first-order valence-corrected chi connectivity index (χ1v) is 9.96. The molecule has 1 aromatic carbocycles. The van der Waals surface area contributed by atoms with Crippen LogP contribution in [-0.2, 0) is 22.5 Å². The van der Waals surface area contributed by atoms with Gasteiger partial charge in [0.2, 0.25) is 5.91 Å². The Hall–Kier alpha value is -2.54. The average Bonchev–Trinajstić information content (AvgIpc) is 3.59. The van der Waals surface area contributed by atoms with Gasteiger partial charge < -0.3 is 14.5 Å². The largest absolute Gasteiger partial charge is 0.378 e. The van der Waals surface area contributed by atoms with Gasteiger partial charge >= 0.3 is 0 Å². The fourth-order valence-electron chi connectivity index (χ4n) is 3.94. The number of hydrogen-bond donors (Lipinski definition) is 0. The third kappa shape index (κ3) is 3.35. The minimum atomic E-state index is -0.274. The summed E-state index contributed by atoms with van der Waals surface area (Å²) in [6.07, 6.45) is 2.75. The molecule has 0 N–H and O–H groups in total. The van der Waals surface area contributed by atoms with Gasteiger partial charge in [-0.1, -0.05) is 0 Å². The highest BCUT2D eigenvalue weighted by Crippen LogP contribution is 2.35. The SMILES string of the molecule is O=C(C1CC1)N1CCc2nc(-c3ccc(F)cc3)nc(N3CCOCC3)c2C1. The molecule has 2 fully saturated rings. The van der Waals surface area contributed by atoms with Gasteiger partial charge in [-0.15, -0.1) is 0 Å². The minimum Gasteiger partial charge on any atom is -0.378 e. The molecular formula is C21H23FN4O2. The Morgan fingerprint density at radius 1 is 1.07 bits per heavy atom. The molecule has 0 unspecified atom stereocenters. The zero-order chi connectivity index (χ0) is 19.1. The van der Waals surface area contributed by atoms with E-state index >= 15 is 0 Å². The second kappa shape index (κ2) is 7.13. The molecule has 5 rings (SSSR count). The van der Waals surface area contributed by atoms with E-state index < -0.39 is 0 Å². The molecule has 1 amide bonds. The number of amides is 1. The van der Waals surface area contributed by atoms with Gasteiger partial charge in [0.15, 0.2) is 5.82 Å². The van der Waals surface area contributed by atoms with Gasteiger partial charge in [-0.2, -0.15) is 0 Å². The number of carbonyl (C=O) groups is 1. The van der Waals surface area contributed by atoms with Crippen molar-refractivity contribution in [2.24, 2.45) is 5.92 Å². The van der Waals surface area contributed by atoms with Gasteiger partial charge in [0.05, 0.1) is 25.5 Å². The van der Waals surface area contributed by atoms with Crippen LogP contribution in [0, 0.1) is 11.7 Å². The molecule has 2 aromatic rings. The number of ether oxygens (including phenoxy) is 1. The number of anilines is 1. The van der Waals surface area contributed by atoms with Crippen molar-refractivity contribution in [1.82, 2.24) is 14.9 Å². The molecule has 6 nitrogen and oxygen atoms in total. The quantitative estimate of drug-likeness (QED) is 0.816. The van der Waals surface area contributed by atoms with Crippen LogP contribution in [0.25, 0.3) is 11.4 Å². The Labute approximate surface area is 163 Å². The molecule has 1 aromatic heterocycles. The molecule has 3 heterocycles. The highest BCUT2D eigenvalue weighted by atomic mass is 19.1. The van der Waals surface area contributed by atoms with Gasteiger partial charge in [0, 0.05) is 43.1 Å². The Balaban J connectivity index is 1.54. The maximum atomic E-state index is 13.3. The van der Waals surface area contributed by atoms with Crippen molar-refractivity contribution in [1.29, 1.82) is 0 Å². The highest BCUT2D eigenvalue weighted by molar-refractivity contribution is 5.81. The minimum absolute atomic E-state index is 0.216.